The van der Waals surface area contributed by atoms with Crippen LogP contribution in [0.15, 0.2) is 47.3 Å². The standard InChI is InChI=1S/C37H48BFN4O5/c1-20(2)15-30(38-47-29-19-22-18-28(36(22,6)7)37(29,8)48-38)40-34(46)31(35(3,4)5)41-32(44)25-16-21(13-14-26(25)39)17-27-23-11-9-10-12-24(23)33(45)43-42-27/h9-14,16,20,22,28-31H,15,17-19H2,1-8H3,(H,40,46)(H,41,44)(H,43,45)/t22-,28-,29+,30-,31+,37-/m0/s1. The summed E-state index contributed by atoms with van der Waals surface area (Å²) in [6.07, 6.45) is 2.94. The van der Waals surface area contributed by atoms with Gasteiger partial charge >= 0.3 is 7.12 Å². The highest BCUT2D eigenvalue weighted by molar-refractivity contribution is 6.48. The highest BCUT2D eigenvalue weighted by atomic mass is 19.1. The van der Waals surface area contributed by atoms with Crippen LogP contribution in [-0.2, 0) is 20.5 Å². The van der Waals surface area contributed by atoms with E-state index in [1.165, 1.54) is 12.1 Å². The maximum atomic E-state index is 15.2. The number of hydrogen-bond donors (Lipinski definition) is 3. The number of H-pyrrole nitrogens is 1. The quantitative estimate of drug-likeness (QED) is 0.258. The Kier molecular flexibility index (Phi) is 8.86. The summed E-state index contributed by atoms with van der Waals surface area (Å²) < 4.78 is 28.5. The summed E-state index contributed by atoms with van der Waals surface area (Å²) in [6, 6.07) is 10.4. The minimum Gasteiger partial charge on any atom is -0.404 e. The van der Waals surface area contributed by atoms with E-state index in [1.807, 2.05) is 32.9 Å². The van der Waals surface area contributed by atoms with E-state index in [-0.39, 0.29) is 40.9 Å². The molecule has 0 radical (unpaired) electrons. The van der Waals surface area contributed by atoms with E-state index in [9.17, 15) is 14.4 Å². The average molecular weight is 659 g/mol. The van der Waals surface area contributed by atoms with Crippen molar-refractivity contribution in [1.29, 1.82) is 0 Å². The molecule has 0 unspecified atom stereocenters. The van der Waals surface area contributed by atoms with Gasteiger partial charge in [-0.2, -0.15) is 5.10 Å². The number of amides is 2. The van der Waals surface area contributed by atoms with E-state index in [4.69, 9.17) is 9.31 Å². The smallest absolute Gasteiger partial charge is 0.404 e. The van der Waals surface area contributed by atoms with E-state index in [0.29, 0.717) is 40.3 Å². The third-order valence-corrected chi connectivity index (χ3v) is 11.2. The molecular weight excluding hydrogens is 610 g/mol. The van der Waals surface area contributed by atoms with Crippen LogP contribution in [0, 0.1) is 34.4 Å². The van der Waals surface area contributed by atoms with Gasteiger partial charge in [-0.3, -0.25) is 14.4 Å². The summed E-state index contributed by atoms with van der Waals surface area (Å²) >= 11 is 0. The molecule has 7 rings (SSSR count). The van der Waals surface area contributed by atoms with E-state index < -0.39 is 41.8 Å². The molecule has 1 saturated heterocycles. The number of carbonyl (C=O) groups is 2. The van der Waals surface area contributed by atoms with Crippen molar-refractivity contribution in [3.8, 4) is 0 Å². The summed E-state index contributed by atoms with van der Waals surface area (Å²) in [5, 5.41) is 13.9. The van der Waals surface area contributed by atoms with Crippen molar-refractivity contribution in [2.45, 2.75) is 105 Å². The topological polar surface area (TPSA) is 122 Å². The Balaban J connectivity index is 1.20. The fourth-order valence-electron chi connectivity index (χ4n) is 8.32. The van der Waals surface area contributed by atoms with Gasteiger partial charge in [-0.1, -0.05) is 72.7 Å². The number of halogens is 1. The van der Waals surface area contributed by atoms with Gasteiger partial charge in [0, 0.05) is 11.8 Å². The van der Waals surface area contributed by atoms with Crippen LogP contribution in [-0.4, -0.2) is 52.8 Å². The van der Waals surface area contributed by atoms with Crippen LogP contribution in [0.4, 0.5) is 4.39 Å². The van der Waals surface area contributed by atoms with E-state index in [0.717, 1.165) is 12.8 Å². The van der Waals surface area contributed by atoms with Crippen LogP contribution in [0.25, 0.3) is 10.8 Å². The van der Waals surface area contributed by atoms with Crippen molar-refractivity contribution in [3.05, 3.63) is 75.5 Å². The lowest BCUT2D eigenvalue weighted by Crippen LogP contribution is -2.65. The number of rotatable bonds is 9. The predicted octanol–water partition coefficient (Wildman–Crippen LogP) is 5.60. The Hall–Kier alpha value is -3.57. The molecular formula is C37H48BFN4O5. The summed E-state index contributed by atoms with van der Waals surface area (Å²) in [7, 11) is -0.607. The number of nitrogens with one attached hydrogen (secondary N) is 3. The molecule has 4 aliphatic rings. The highest BCUT2D eigenvalue weighted by Gasteiger charge is 2.68. The van der Waals surface area contributed by atoms with Crippen molar-refractivity contribution in [2.24, 2.45) is 28.6 Å². The molecule has 11 heteroatoms. The second kappa shape index (κ2) is 12.4. The van der Waals surface area contributed by atoms with Gasteiger partial charge in [-0.05, 0) is 78.5 Å². The molecule has 48 heavy (non-hydrogen) atoms. The third kappa shape index (κ3) is 6.20. The third-order valence-electron chi connectivity index (χ3n) is 11.2. The van der Waals surface area contributed by atoms with Crippen molar-refractivity contribution in [1.82, 2.24) is 20.8 Å². The van der Waals surface area contributed by atoms with Crippen molar-refractivity contribution in [3.63, 3.8) is 0 Å². The number of fused-ring (bicyclic) bond motifs is 1. The lowest BCUT2D eigenvalue weighted by Gasteiger charge is -2.64. The second-order valence-corrected chi connectivity index (χ2v) is 16.4. The molecule has 3 aromatic rings. The molecule has 256 valence electrons. The molecule has 0 spiro atoms. The molecule has 3 N–H and O–H groups in total. The van der Waals surface area contributed by atoms with Gasteiger partial charge in [-0.25, -0.2) is 9.49 Å². The van der Waals surface area contributed by atoms with Crippen LogP contribution >= 0.6 is 0 Å². The molecule has 4 fully saturated rings. The van der Waals surface area contributed by atoms with Gasteiger partial charge in [0.05, 0.1) is 34.3 Å². The van der Waals surface area contributed by atoms with Gasteiger partial charge in [0.25, 0.3) is 11.5 Å². The minimum absolute atomic E-state index is 0.0245. The van der Waals surface area contributed by atoms with Crippen LogP contribution in [0.2, 0.25) is 0 Å². The van der Waals surface area contributed by atoms with Gasteiger partial charge in [0.2, 0.25) is 5.91 Å². The summed E-state index contributed by atoms with van der Waals surface area (Å²) in [6.45, 7) is 16.6. The maximum absolute atomic E-state index is 15.2. The van der Waals surface area contributed by atoms with Crippen LogP contribution in [0.3, 0.4) is 0 Å². The molecule has 6 atom stereocenters. The molecule has 9 nitrogen and oxygen atoms in total. The lowest BCUT2D eigenvalue weighted by molar-refractivity contribution is -0.199. The van der Waals surface area contributed by atoms with Gasteiger partial charge in [0.15, 0.2) is 0 Å². The Bertz CT molecular complexity index is 1790. The maximum Gasteiger partial charge on any atom is 0.481 e. The van der Waals surface area contributed by atoms with Gasteiger partial charge in [-0.15, -0.1) is 0 Å². The summed E-state index contributed by atoms with van der Waals surface area (Å²) in [5.41, 5.74) is -0.169. The first-order valence-corrected chi connectivity index (χ1v) is 17.2. The summed E-state index contributed by atoms with van der Waals surface area (Å²) in [5.74, 6) is -0.964. The fourth-order valence-corrected chi connectivity index (χ4v) is 8.32. The normalized spacial score (nSPS) is 25.7. The monoisotopic (exact) mass is 658 g/mol. The van der Waals surface area contributed by atoms with E-state index in [2.05, 4.69) is 55.4 Å². The van der Waals surface area contributed by atoms with E-state index >= 15 is 4.39 Å². The number of aromatic amines is 1. The molecule has 2 bridgehead atoms. The van der Waals surface area contributed by atoms with Gasteiger partial charge < -0.3 is 19.9 Å². The zero-order chi connectivity index (χ0) is 34.8. The Morgan fingerprint density at radius 3 is 2.46 bits per heavy atom. The second-order valence-electron chi connectivity index (χ2n) is 16.4. The van der Waals surface area contributed by atoms with Crippen molar-refractivity contribution >= 4 is 29.7 Å². The largest absolute Gasteiger partial charge is 0.481 e. The number of carbonyl (C=O) groups excluding carboxylic acids is 2. The lowest BCUT2D eigenvalue weighted by atomic mass is 9.43. The molecule has 2 aromatic carbocycles. The average Bonchev–Trinajstić information content (AvgIpc) is 3.38. The SMILES string of the molecule is CC(C)C[C@H](NC(=O)[C@@H](NC(=O)c1cc(Cc2n[nH]c(=O)c3ccccc23)ccc1F)C(C)(C)C)B1O[C@@H]2C[C@@H]3C[C@@H](C3(C)C)[C@]2(C)O1. The Morgan fingerprint density at radius 1 is 1.08 bits per heavy atom. The van der Waals surface area contributed by atoms with Crippen LogP contribution in [0.5, 0.6) is 0 Å². The van der Waals surface area contributed by atoms with E-state index in [1.54, 1.807) is 18.2 Å². The number of hydrogen-bond acceptors (Lipinski definition) is 6. The van der Waals surface area contributed by atoms with Crippen LogP contribution in [0.1, 0.15) is 96.3 Å². The number of nitrogens with zero attached hydrogens (tertiary/aromatic N) is 1. The number of benzene rings is 2. The first-order chi connectivity index (χ1) is 22.5. The van der Waals surface area contributed by atoms with Gasteiger partial charge in [0.1, 0.15) is 11.9 Å². The molecule has 3 saturated carbocycles. The Labute approximate surface area is 282 Å². The van der Waals surface area contributed by atoms with Crippen LogP contribution < -0.4 is 16.2 Å². The van der Waals surface area contributed by atoms with Crippen molar-refractivity contribution < 1.29 is 23.3 Å². The zero-order valence-electron chi connectivity index (χ0n) is 29.3. The molecule has 3 aliphatic carbocycles. The highest BCUT2D eigenvalue weighted by Crippen LogP contribution is 2.65. The molecule has 1 aromatic heterocycles. The molecule has 2 heterocycles. The molecule has 1 aliphatic heterocycles. The Morgan fingerprint density at radius 2 is 1.79 bits per heavy atom. The predicted molar refractivity (Wildman–Crippen MR) is 184 cm³/mol. The fraction of sp³-hybridized carbons (Fsp3) is 0.568. The first-order valence-electron chi connectivity index (χ1n) is 17.2. The minimum atomic E-state index is -0.974. The van der Waals surface area contributed by atoms with Crippen molar-refractivity contribution in [2.75, 3.05) is 0 Å². The number of aromatic nitrogens is 2. The first kappa shape index (κ1) is 34.3. The summed E-state index contributed by atoms with van der Waals surface area (Å²) in [4.78, 5) is 40.0. The zero-order valence-corrected chi connectivity index (χ0v) is 29.3. The molecule has 2 amide bonds.